The van der Waals surface area contributed by atoms with Crippen molar-refractivity contribution < 1.29 is 19.4 Å². The summed E-state index contributed by atoms with van der Waals surface area (Å²) in [4.78, 5) is 28.4. The molecule has 1 N–H and O–H groups in total. The summed E-state index contributed by atoms with van der Waals surface area (Å²) >= 11 is 6.17. The van der Waals surface area contributed by atoms with Gasteiger partial charge in [0.25, 0.3) is 0 Å². The summed E-state index contributed by atoms with van der Waals surface area (Å²) in [5, 5.41) is 9.48. The van der Waals surface area contributed by atoms with Crippen LogP contribution in [0.4, 0.5) is 0 Å². The molecular formula is C20H27ClN2O4. The molecule has 0 radical (unpaired) electrons. The Morgan fingerprint density at radius 3 is 2.74 bits per heavy atom. The van der Waals surface area contributed by atoms with E-state index in [1.54, 1.807) is 12.1 Å². The summed E-state index contributed by atoms with van der Waals surface area (Å²) in [6, 6.07) is 5.20. The van der Waals surface area contributed by atoms with Crippen LogP contribution in [0.25, 0.3) is 0 Å². The number of carboxylic acid groups (broad SMARTS) is 1. The SMILES string of the molecule is CCCN1CCCC2(CCCN2Cc2cc(Cl)ccc2OCC(=O)O)C1=O. The van der Waals surface area contributed by atoms with Crippen LogP contribution in [0.1, 0.15) is 44.6 Å². The van der Waals surface area contributed by atoms with Crippen molar-refractivity contribution in [3.05, 3.63) is 28.8 Å². The number of nitrogens with zero attached hydrogens (tertiary/aromatic N) is 2. The van der Waals surface area contributed by atoms with Crippen LogP contribution >= 0.6 is 11.6 Å². The van der Waals surface area contributed by atoms with Crippen LogP contribution in [0, 0.1) is 0 Å². The van der Waals surface area contributed by atoms with Crippen LogP contribution in [0.15, 0.2) is 18.2 Å². The van der Waals surface area contributed by atoms with E-state index in [1.165, 1.54) is 0 Å². The number of hydrogen-bond acceptors (Lipinski definition) is 4. The minimum Gasteiger partial charge on any atom is -0.482 e. The zero-order valence-corrected chi connectivity index (χ0v) is 16.5. The van der Waals surface area contributed by atoms with E-state index in [2.05, 4.69) is 11.8 Å². The third-order valence-electron chi connectivity index (χ3n) is 5.56. The zero-order chi connectivity index (χ0) is 19.4. The number of likely N-dealkylation sites (tertiary alicyclic amines) is 2. The van der Waals surface area contributed by atoms with Gasteiger partial charge in [-0.15, -0.1) is 0 Å². The van der Waals surface area contributed by atoms with Crippen LogP contribution in [0.3, 0.4) is 0 Å². The van der Waals surface area contributed by atoms with Gasteiger partial charge in [-0.05, 0) is 56.8 Å². The summed E-state index contributed by atoms with van der Waals surface area (Å²) in [7, 11) is 0. The van der Waals surface area contributed by atoms with Crippen molar-refractivity contribution in [1.82, 2.24) is 9.80 Å². The molecule has 148 valence electrons. The summed E-state index contributed by atoms with van der Waals surface area (Å²) in [5.74, 6) is -0.271. The minimum atomic E-state index is -1.02. The Kier molecular flexibility index (Phi) is 6.27. The van der Waals surface area contributed by atoms with E-state index in [4.69, 9.17) is 21.4 Å². The van der Waals surface area contributed by atoms with E-state index in [1.807, 2.05) is 11.0 Å². The average Bonchev–Trinajstić information content (AvgIpc) is 3.02. The molecule has 1 aromatic carbocycles. The highest BCUT2D eigenvalue weighted by Gasteiger charge is 2.50. The standard InChI is InChI=1S/C20H27ClN2O4/c1-2-9-22-10-3-7-20(19(22)26)8-4-11-23(20)13-15-12-16(21)5-6-17(15)27-14-18(24)25/h5-6,12H,2-4,7-11,13-14H2,1H3,(H,24,25). The third kappa shape index (κ3) is 4.22. The van der Waals surface area contributed by atoms with Gasteiger partial charge in [-0.2, -0.15) is 0 Å². The monoisotopic (exact) mass is 394 g/mol. The molecule has 0 saturated carbocycles. The number of halogens is 1. The van der Waals surface area contributed by atoms with Crippen molar-refractivity contribution in [3.63, 3.8) is 0 Å². The first kappa shape index (κ1) is 20.0. The summed E-state index contributed by atoms with van der Waals surface area (Å²) in [6.07, 6.45) is 4.71. The molecule has 0 aliphatic carbocycles. The summed E-state index contributed by atoms with van der Waals surface area (Å²) in [5.41, 5.74) is 0.380. The fourth-order valence-electron chi connectivity index (χ4n) is 4.40. The van der Waals surface area contributed by atoms with Crippen molar-refractivity contribution in [2.24, 2.45) is 0 Å². The first-order valence-electron chi connectivity index (χ1n) is 9.64. The molecule has 2 fully saturated rings. The van der Waals surface area contributed by atoms with Gasteiger partial charge < -0.3 is 14.7 Å². The number of rotatable bonds is 7. The van der Waals surface area contributed by atoms with Gasteiger partial charge in [0, 0.05) is 30.2 Å². The minimum absolute atomic E-state index is 0.239. The number of carbonyl (C=O) groups is 2. The quantitative estimate of drug-likeness (QED) is 0.769. The molecule has 1 amide bonds. The molecule has 1 atom stereocenters. The lowest BCUT2D eigenvalue weighted by molar-refractivity contribution is -0.147. The molecule has 2 aliphatic heterocycles. The van der Waals surface area contributed by atoms with Crippen molar-refractivity contribution in [3.8, 4) is 5.75 Å². The molecule has 3 rings (SSSR count). The van der Waals surface area contributed by atoms with Gasteiger partial charge in [0.1, 0.15) is 11.3 Å². The molecule has 6 nitrogen and oxygen atoms in total. The molecule has 7 heteroatoms. The van der Waals surface area contributed by atoms with E-state index >= 15 is 0 Å². The van der Waals surface area contributed by atoms with Crippen LogP contribution < -0.4 is 4.74 Å². The number of carbonyl (C=O) groups excluding carboxylic acids is 1. The molecule has 2 aliphatic rings. The highest BCUT2D eigenvalue weighted by molar-refractivity contribution is 6.30. The lowest BCUT2D eigenvalue weighted by Crippen LogP contribution is -2.59. The zero-order valence-electron chi connectivity index (χ0n) is 15.7. The molecular weight excluding hydrogens is 368 g/mol. The lowest BCUT2D eigenvalue weighted by Gasteiger charge is -2.44. The lowest BCUT2D eigenvalue weighted by atomic mass is 9.85. The Morgan fingerprint density at radius 1 is 1.30 bits per heavy atom. The molecule has 2 heterocycles. The average molecular weight is 395 g/mol. The maximum atomic E-state index is 13.3. The Balaban J connectivity index is 1.83. The third-order valence-corrected chi connectivity index (χ3v) is 5.79. The number of hydrogen-bond donors (Lipinski definition) is 1. The van der Waals surface area contributed by atoms with Gasteiger partial charge in [-0.25, -0.2) is 4.79 Å². The largest absolute Gasteiger partial charge is 0.482 e. The van der Waals surface area contributed by atoms with E-state index in [0.717, 1.165) is 57.3 Å². The number of ether oxygens (including phenoxy) is 1. The number of amides is 1. The van der Waals surface area contributed by atoms with Crippen molar-refractivity contribution in [2.75, 3.05) is 26.2 Å². The predicted molar refractivity (Wildman–Crippen MR) is 103 cm³/mol. The van der Waals surface area contributed by atoms with Crippen molar-refractivity contribution in [2.45, 2.75) is 51.1 Å². The van der Waals surface area contributed by atoms with Crippen molar-refractivity contribution in [1.29, 1.82) is 0 Å². The fourth-order valence-corrected chi connectivity index (χ4v) is 4.59. The second kappa shape index (κ2) is 8.48. The van der Waals surface area contributed by atoms with Gasteiger partial charge in [0.2, 0.25) is 5.91 Å². The first-order chi connectivity index (χ1) is 13.0. The molecule has 1 unspecified atom stereocenters. The number of piperidine rings is 1. The highest BCUT2D eigenvalue weighted by Crippen LogP contribution is 2.40. The molecule has 27 heavy (non-hydrogen) atoms. The van der Waals surface area contributed by atoms with E-state index in [9.17, 15) is 9.59 Å². The van der Waals surface area contributed by atoms with Gasteiger partial charge in [0.05, 0.1) is 0 Å². The predicted octanol–water partition coefficient (Wildman–Crippen LogP) is 3.17. The maximum Gasteiger partial charge on any atom is 0.341 e. The molecule has 0 bridgehead atoms. The van der Waals surface area contributed by atoms with E-state index in [0.29, 0.717) is 17.3 Å². The van der Waals surface area contributed by atoms with Gasteiger partial charge in [0.15, 0.2) is 6.61 Å². The van der Waals surface area contributed by atoms with Crippen LogP contribution in [0.2, 0.25) is 5.02 Å². The fraction of sp³-hybridized carbons (Fsp3) is 0.600. The summed E-state index contributed by atoms with van der Waals surface area (Å²) in [6.45, 7) is 4.71. The molecule has 0 aromatic heterocycles. The first-order valence-corrected chi connectivity index (χ1v) is 10.0. The van der Waals surface area contributed by atoms with Gasteiger partial charge in [-0.1, -0.05) is 18.5 Å². The van der Waals surface area contributed by atoms with E-state index in [-0.39, 0.29) is 5.91 Å². The topological polar surface area (TPSA) is 70.1 Å². The number of aliphatic carboxylic acids is 1. The molecule has 1 aromatic rings. The Hall–Kier alpha value is -1.79. The highest BCUT2D eigenvalue weighted by atomic mass is 35.5. The Bertz CT molecular complexity index is 709. The second-order valence-electron chi connectivity index (χ2n) is 7.39. The Morgan fingerprint density at radius 2 is 2.04 bits per heavy atom. The Labute approximate surface area is 165 Å². The second-order valence-corrected chi connectivity index (χ2v) is 7.82. The number of benzene rings is 1. The summed E-state index contributed by atoms with van der Waals surface area (Å²) < 4.78 is 5.45. The van der Waals surface area contributed by atoms with Gasteiger partial charge >= 0.3 is 5.97 Å². The van der Waals surface area contributed by atoms with Gasteiger partial charge in [-0.3, -0.25) is 9.69 Å². The van der Waals surface area contributed by atoms with Crippen molar-refractivity contribution >= 4 is 23.5 Å². The van der Waals surface area contributed by atoms with Crippen LogP contribution in [-0.4, -0.2) is 58.6 Å². The maximum absolute atomic E-state index is 13.3. The van der Waals surface area contributed by atoms with E-state index < -0.39 is 18.1 Å². The number of carboxylic acids is 1. The van der Waals surface area contributed by atoms with Crippen LogP contribution in [0.5, 0.6) is 5.75 Å². The van der Waals surface area contributed by atoms with Crippen LogP contribution in [-0.2, 0) is 16.1 Å². The molecule has 1 spiro atoms. The normalized spacial score (nSPS) is 23.2. The smallest absolute Gasteiger partial charge is 0.341 e. The molecule has 2 saturated heterocycles.